The number of aromatic nitrogens is 1. The van der Waals surface area contributed by atoms with Gasteiger partial charge in [0.25, 0.3) is 0 Å². The Balaban J connectivity index is 1.62. The topological polar surface area (TPSA) is 54.4 Å². The summed E-state index contributed by atoms with van der Waals surface area (Å²) in [4.78, 5) is 20.5. The lowest BCUT2D eigenvalue weighted by Gasteiger charge is -2.07. The van der Waals surface area contributed by atoms with Crippen LogP contribution in [0.25, 0.3) is 16.8 Å². The number of hydrogen-bond acceptors (Lipinski definition) is 3. The lowest BCUT2D eigenvalue weighted by molar-refractivity contribution is -0.119. The van der Waals surface area contributed by atoms with Crippen molar-refractivity contribution in [3.05, 3.63) is 107 Å². The fraction of sp³-hybridized carbons (Fsp3) is 0.115. The van der Waals surface area contributed by atoms with E-state index in [0.717, 1.165) is 22.4 Å². The van der Waals surface area contributed by atoms with E-state index < -0.39 is 0 Å². The number of amides is 1. The van der Waals surface area contributed by atoms with Gasteiger partial charge < -0.3 is 5.32 Å². The molecule has 156 valence electrons. The Kier molecular flexibility index (Phi) is 7.22. The molecule has 3 aromatic rings. The molecule has 1 amide bonds. The van der Waals surface area contributed by atoms with Gasteiger partial charge in [-0.15, -0.1) is 0 Å². The van der Waals surface area contributed by atoms with Gasteiger partial charge in [0, 0.05) is 23.2 Å². The van der Waals surface area contributed by atoms with Gasteiger partial charge in [0.05, 0.1) is 12.1 Å². The first-order valence-corrected chi connectivity index (χ1v) is 9.87. The predicted octanol–water partition coefficient (Wildman–Crippen LogP) is 5.50. The summed E-state index contributed by atoms with van der Waals surface area (Å²) in [6, 6.07) is 18.0. The van der Waals surface area contributed by atoms with E-state index in [1.54, 1.807) is 37.4 Å². The smallest absolute Gasteiger partial charge is 0.228 e. The summed E-state index contributed by atoms with van der Waals surface area (Å²) in [7, 11) is 0. The number of halogens is 1. The highest BCUT2D eigenvalue weighted by atomic mass is 19.1. The summed E-state index contributed by atoms with van der Waals surface area (Å²) in [6.45, 7) is 7.28. The molecule has 0 saturated heterocycles. The first kappa shape index (κ1) is 21.8. The Morgan fingerprint density at radius 2 is 1.87 bits per heavy atom. The number of benzene rings is 2. The molecular weight excluding hydrogens is 389 g/mol. The second kappa shape index (κ2) is 10.3. The highest BCUT2D eigenvalue weighted by Gasteiger charge is 2.05. The molecular formula is C26H24FN3O. The molecule has 0 aliphatic carbocycles. The van der Waals surface area contributed by atoms with Gasteiger partial charge in [-0.25, -0.2) is 4.39 Å². The lowest BCUT2D eigenvalue weighted by atomic mass is 10.0. The molecule has 1 aromatic heterocycles. The molecule has 2 aromatic carbocycles. The fourth-order valence-electron chi connectivity index (χ4n) is 3.12. The van der Waals surface area contributed by atoms with Gasteiger partial charge in [0.15, 0.2) is 0 Å². The van der Waals surface area contributed by atoms with Crippen LogP contribution in [0, 0.1) is 12.7 Å². The van der Waals surface area contributed by atoms with E-state index in [1.165, 1.54) is 12.1 Å². The minimum absolute atomic E-state index is 0.117. The largest absolute Gasteiger partial charge is 0.330 e. The molecule has 0 aliphatic rings. The number of aryl methyl sites for hydroxylation is 1. The van der Waals surface area contributed by atoms with Gasteiger partial charge in [-0.1, -0.05) is 36.4 Å². The molecule has 0 radical (unpaired) electrons. The van der Waals surface area contributed by atoms with Crippen molar-refractivity contribution < 1.29 is 9.18 Å². The normalized spacial score (nSPS) is 11.8. The number of pyridine rings is 1. The molecule has 0 bridgehead atoms. The van der Waals surface area contributed by atoms with Gasteiger partial charge in [0.2, 0.25) is 5.91 Å². The number of hydrogen-bond donors (Lipinski definition) is 1. The molecule has 0 spiro atoms. The van der Waals surface area contributed by atoms with Crippen LogP contribution in [0.4, 0.5) is 4.39 Å². The van der Waals surface area contributed by atoms with Crippen molar-refractivity contribution in [1.82, 2.24) is 10.3 Å². The number of aliphatic imine (C=N–C) groups is 1. The summed E-state index contributed by atoms with van der Waals surface area (Å²) in [5.41, 5.74) is 5.86. The third-order valence-electron chi connectivity index (χ3n) is 4.67. The zero-order chi connectivity index (χ0) is 22.2. The average molecular weight is 413 g/mol. The van der Waals surface area contributed by atoms with Crippen molar-refractivity contribution in [2.75, 3.05) is 0 Å². The van der Waals surface area contributed by atoms with Crippen LogP contribution < -0.4 is 5.32 Å². The summed E-state index contributed by atoms with van der Waals surface area (Å²) in [6.07, 6.45) is 5.47. The van der Waals surface area contributed by atoms with Crippen LogP contribution in [0.1, 0.15) is 23.7 Å². The van der Waals surface area contributed by atoms with Crippen LogP contribution in [0.3, 0.4) is 0 Å². The Morgan fingerprint density at radius 3 is 2.55 bits per heavy atom. The van der Waals surface area contributed by atoms with Crippen molar-refractivity contribution >= 4 is 18.3 Å². The number of allylic oxidation sites excluding steroid dienone is 3. The summed E-state index contributed by atoms with van der Waals surface area (Å²) in [5, 5.41) is 2.86. The van der Waals surface area contributed by atoms with Crippen LogP contribution >= 0.6 is 0 Å². The maximum absolute atomic E-state index is 13.4. The maximum atomic E-state index is 13.4. The highest BCUT2D eigenvalue weighted by molar-refractivity contribution is 5.80. The molecule has 3 rings (SSSR count). The number of nitrogens with one attached hydrogen (secondary N) is 1. The Labute approximate surface area is 181 Å². The Bertz CT molecular complexity index is 1150. The molecule has 0 atom stereocenters. The standard InChI is InChI=1S/C26H24FN3O/c1-18(7-12-25(28-3)23-5-4-6-24(27)17-23)30-26(31)16-20-8-10-21(11-9-20)22-13-14-29-19(2)15-22/h4-15,17H,3,16H2,1-2H3,(H,30,31)/b18-7+,25-12-. The monoisotopic (exact) mass is 413 g/mol. The maximum Gasteiger partial charge on any atom is 0.228 e. The van der Waals surface area contributed by atoms with E-state index in [9.17, 15) is 9.18 Å². The molecule has 0 fully saturated rings. The van der Waals surface area contributed by atoms with Gasteiger partial charge >= 0.3 is 0 Å². The minimum atomic E-state index is -0.342. The molecule has 31 heavy (non-hydrogen) atoms. The number of carbonyl (C=O) groups is 1. The second-order valence-corrected chi connectivity index (χ2v) is 7.18. The first-order chi connectivity index (χ1) is 14.9. The van der Waals surface area contributed by atoms with Crippen LogP contribution in [-0.4, -0.2) is 17.6 Å². The van der Waals surface area contributed by atoms with Gasteiger partial charge in [0.1, 0.15) is 5.82 Å². The number of carbonyl (C=O) groups excluding carboxylic acids is 1. The molecule has 4 nitrogen and oxygen atoms in total. The van der Waals surface area contributed by atoms with Crippen LogP contribution in [0.5, 0.6) is 0 Å². The van der Waals surface area contributed by atoms with E-state index in [4.69, 9.17) is 0 Å². The Hall–Kier alpha value is -3.86. The molecule has 0 saturated carbocycles. The molecule has 1 N–H and O–H groups in total. The zero-order valence-corrected chi connectivity index (χ0v) is 17.6. The molecule has 1 heterocycles. The molecule has 0 unspecified atom stereocenters. The minimum Gasteiger partial charge on any atom is -0.330 e. The van der Waals surface area contributed by atoms with Gasteiger partial charge in [-0.05, 0) is 73.7 Å². The van der Waals surface area contributed by atoms with E-state index in [-0.39, 0.29) is 18.1 Å². The fourth-order valence-corrected chi connectivity index (χ4v) is 3.12. The van der Waals surface area contributed by atoms with E-state index in [1.807, 2.05) is 43.3 Å². The quantitative estimate of drug-likeness (QED) is 0.411. The van der Waals surface area contributed by atoms with E-state index >= 15 is 0 Å². The summed E-state index contributed by atoms with van der Waals surface area (Å²) < 4.78 is 13.4. The van der Waals surface area contributed by atoms with Crippen molar-refractivity contribution in [1.29, 1.82) is 0 Å². The van der Waals surface area contributed by atoms with Crippen molar-refractivity contribution in [3.8, 4) is 11.1 Å². The van der Waals surface area contributed by atoms with E-state index in [0.29, 0.717) is 17.0 Å². The molecule has 5 heteroatoms. The van der Waals surface area contributed by atoms with Crippen LogP contribution in [0.2, 0.25) is 0 Å². The number of rotatable bonds is 7. The van der Waals surface area contributed by atoms with Crippen LogP contribution in [0.15, 0.2) is 89.7 Å². The van der Waals surface area contributed by atoms with E-state index in [2.05, 4.69) is 22.0 Å². The number of nitrogens with zero attached hydrogens (tertiary/aromatic N) is 2. The van der Waals surface area contributed by atoms with Crippen molar-refractivity contribution in [2.24, 2.45) is 4.99 Å². The lowest BCUT2D eigenvalue weighted by Crippen LogP contribution is -2.23. The third-order valence-corrected chi connectivity index (χ3v) is 4.67. The summed E-state index contributed by atoms with van der Waals surface area (Å²) >= 11 is 0. The third kappa shape index (κ3) is 6.31. The molecule has 0 aliphatic heterocycles. The Morgan fingerprint density at radius 1 is 1.10 bits per heavy atom. The van der Waals surface area contributed by atoms with Crippen molar-refractivity contribution in [3.63, 3.8) is 0 Å². The summed E-state index contributed by atoms with van der Waals surface area (Å²) in [5.74, 6) is -0.459. The van der Waals surface area contributed by atoms with Crippen molar-refractivity contribution in [2.45, 2.75) is 20.3 Å². The first-order valence-electron chi connectivity index (χ1n) is 9.87. The average Bonchev–Trinajstić information content (AvgIpc) is 2.74. The van der Waals surface area contributed by atoms with Gasteiger partial charge in [-0.2, -0.15) is 0 Å². The zero-order valence-electron chi connectivity index (χ0n) is 17.6. The predicted molar refractivity (Wildman–Crippen MR) is 124 cm³/mol. The SMILES string of the molecule is C=N/C(=C\C=C(/C)NC(=O)Cc1ccc(-c2ccnc(C)c2)cc1)c1cccc(F)c1. The highest BCUT2D eigenvalue weighted by Crippen LogP contribution is 2.20. The van der Waals surface area contributed by atoms with Crippen LogP contribution in [-0.2, 0) is 11.2 Å². The second-order valence-electron chi connectivity index (χ2n) is 7.18. The van der Waals surface area contributed by atoms with Gasteiger partial charge in [-0.3, -0.25) is 14.8 Å².